The van der Waals surface area contributed by atoms with Crippen LogP contribution < -0.4 is 10.6 Å². The van der Waals surface area contributed by atoms with Crippen molar-refractivity contribution in [3.63, 3.8) is 0 Å². The van der Waals surface area contributed by atoms with Gasteiger partial charge in [0.15, 0.2) is 0 Å². The highest BCUT2D eigenvalue weighted by Crippen LogP contribution is 2.39. The van der Waals surface area contributed by atoms with E-state index in [0.717, 1.165) is 44.2 Å². The summed E-state index contributed by atoms with van der Waals surface area (Å²) in [6.07, 6.45) is 6.93. The van der Waals surface area contributed by atoms with Gasteiger partial charge in [0.2, 0.25) is 0 Å². The largest absolute Gasteiger partial charge is 0.399 e. The van der Waals surface area contributed by atoms with Crippen LogP contribution in [-0.2, 0) is 4.74 Å². The smallest absolute Gasteiger partial charge is 0.349 e. The molecule has 0 aromatic heterocycles. The fraction of sp³-hybridized carbons (Fsp3) is 0.462. The van der Waals surface area contributed by atoms with Crippen molar-refractivity contribution in [3.8, 4) is 0 Å². The molecule has 7 heteroatoms. The Morgan fingerprint density at radius 3 is 2.42 bits per heavy atom. The van der Waals surface area contributed by atoms with Crippen LogP contribution in [0, 0.1) is 18.7 Å². The Morgan fingerprint density at radius 2 is 1.73 bits per heavy atom. The molecule has 1 saturated carbocycles. The van der Waals surface area contributed by atoms with Crippen LogP contribution in [0.15, 0.2) is 41.5 Å². The first-order valence-electron chi connectivity index (χ1n) is 12.0. The maximum absolute atomic E-state index is 14.9. The average Bonchev–Trinajstić information content (AvgIpc) is 2.95. The number of carbonyl (C=O) groups is 1. The molecule has 1 saturated heterocycles. The van der Waals surface area contributed by atoms with Crippen LogP contribution in [0.5, 0.6) is 0 Å². The molecule has 2 aromatic rings. The zero-order chi connectivity index (χ0) is 22.9. The van der Waals surface area contributed by atoms with Gasteiger partial charge in [-0.1, -0.05) is 19.3 Å². The monoisotopic (exact) mass is 450 g/mol. The van der Waals surface area contributed by atoms with E-state index < -0.39 is 0 Å². The number of hydrogen-bond acceptors (Lipinski definition) is 4. The molecular weight excluding hydrogens is 419 g/mol. The second-order valence-corrected chi connectivity index (χ2v) is 9.34. The molecule has 0 atom stereocenters. The lowest BCUT2D eigenvalue weighted by molar-refractivity contribution is 0.0480. The van der Waals surface area contributed by atoms with Gasteiger partial charge in [0, 0.05) is 30.4 Å². The van der Waals surface area contributed by atoms with E-state index in [1.165, 1.54) is 6.42 Å². The molecule has 0 spiro atoms. The Labute approximate surface area is 194 Å². The predicted octanol–water partition coefficient (Wildman–Crippen LogP) is 5.75. The van der Waals surface area contributed by atoms with Gasteiger partial charge in [-0.2, -0.15) is 5.10 Å². The van der Waals surface area contributed by atoms with E-state index in [4.69, 9.17) is 15.6 Å². The SMILES string of the molecule is Cc1cc2c(cc1F)C(C1CCCCC1)=NN(C1CCOCC1)C(=O)N2c1ccc(N)cc1. The molecule has 5 rings (SSSR count). The summed E-state index contributed by atoms with van der Waals surface area (Å²) in [6, 6.07) is 10.3. The summed E-state index contributed by atoms with van der Waals surface area (Å²) < 4.78 is 20.5. The lowest BCUT2D eigenvalue weighted by atomic mass is 9.82. The van der Waals surface area contributed by atoms with Gasteiger partial charge in [-0.15, -0.1) is 0 Å². The summed E-state index contributed by atoms with van der Waals surface area (Å²) in [7, 11) is 0. The van der Waals surface area contributed by atoms with E-state index in [9.17, 15) is 9.18 Å². The maximum Gasteiger partial charge on any atom is 0.349 e. The van der Waals surface area contributed by atoms with Crippen LogP contribution in [0.1, 0.15) is 56.1 Å². The first-order valence-corrected chi connectivity index (χ1v) is 12.0. The first kappa shape index (κ1) is 21.9. The number of aryl methyl sites for hydroxylation is 1. The fourth-order valence-electron chi connectivity index (χ4n) is 5.19. The third-order valence-electron chi connectivity index (χ3n) is 7.08. The Bertz CT molecular complexity index is 1060. The Kier molecular flexibility index (Phi) is 6.06. The van der Waals surface area contributed by atoms with Crippen molar-refractivity contribution in [2.24, 2.45) is 11.0 Å². The zero-order valence-electron chi connectivity index (χ0n) is 19.1. The van der Waals surface area contributed by atoms with E-state index in [-0.39, 0.29) is 23.8 Å². The number of carbonyl (C=O) groups excluding carboxylic acids is 1. The summed E-state index contributed by atoms with van der Waals surface area (Å²) in [5, 5.41) is 6.67. The number of nitrogen functional groups attached to an aromatic ring is 1. The number of nitrogens with two attached hydrogens (primary N) is 1. The fourth-order valence-corrected chi connectivity index (χ4v) is 5.19. The van der Waals surface area contributed by atoms with Crippen molar-refractivity contribution < 1.29 is 13.9 Å². The molecule has 0 radical (unpaired) electrons. The number of fused-ring (bicyclic) bond motifs is 1. The topological polar surface area (TPSA) is 71.2 Å². The van der Waals surface area contributed by atoms with Gasteiger partial charge in [-0.05, 0) is 74.6 Å². The van der Waals surface area contributed by atoms with Crippen molar-refractivity contribution in [3.05, 3.63) is 53.3 Å². The van der Waals surface area contributed by atoms with Gasteiger partial charge >= 0.3 is 6.03 Å². The Balaban J connectivity index is 1.70. The van der Waals surface area contributed by atoms with Crippen LogP contribution in [-0.4, -0.2) is 36.0 Å². The summed E-state index contributed by atoms with van der Waals surface area (Å²) in [5.41, 5.74) is 9.97. The van der Waals surface area contributed by atoms with Crippen molar-refractivity contribution in [2.75, 3.05) is 23.8 Å². The number of ether oxygens (including phenoxy) is 1. The van der Waals surface area contributed by atoms with Gasteiger partial charge in [0.25, 0.3) is 0 Å². The van der Waals surface area contributed by atoms with Crippen LogP contribution >= 0.6 is 0 Å². The summed E-state index contributed by atoms with van der Waals surface area (Å²) in [5.74, 6) is -0.0670. The minimum absolute atomic E-state index is 0.0543. The van der Waals surface area contributed by atoms with Crippen molar-refractivity contribution in [1.82, 2.24) is 5.01 Å². The Hall–Kier alpha value is -2.93. The number of hydrazone groups is 1. The van der Waals surface area contributed by atoms with Gasteiger partial charge in [-0.25, -0.2) is 14.2 Å². The molecular formula is C26H31FN4O2. The van der Waals surface area contributed by atoms with Crippen LogP contribution in [0.2, 0.25) is 0 Å². The number of nitrogens with zero attached hydrogens (tertiary/aromatic N) is 3. The Morgan fingerprint density at radius 1 is 1.03 bits per heavy atom. The molecule has 2 aliphatic heterocycles. The minimum Gasteiger partial charge on any atom is -0.399 e. The molecule has 0 bridgehead atoms. The number of halogens is 1. The second-order valence-electron chi connectivity index (χ2n) is 9.34. The van der Waals surface area contributed by atoms with Crippen molar-refractivity contribution >= 4 is 28.8 Å². The standard InChI is InChI=1S/C26H31FN4O2/c1-17-15-24-22(16-23(17)27)25(18-5-3-2-4-6-18)29-31(21-11-13-33-14-12-21)26(32)30(24)20-9-7-19(28)8-10-20/h7-10,15-16,18,21H,2-6,11-14,28H2,1H3. The lowest BCUT2D eigenvalue weighted by Crippen LogP contribution is -2.45. The first-order chi connectivity index (χ1) is 16.0. The number of anilines is 3. The van der Waals surface area contributed by atoms with E-state index in [1.807, 2.05) is 12.1 Å². The molecule has 2 amide bonds. The van der Waals surface area contributed by atoms with Gasteiger partial charge in [-0.3, -0.25) is 4.90 Å². The number of hydrogen-bond donors (Lipinski definition) is 1. The summed E-state index contributed by atoms with van der Waals surface area (Å²) in [4.78, 5) is 15.8. The average molecular weight is 451 g/mol. The molecule has 174 valence electrons. The van der Waals surface area contributed by atoms with E-state index in [0.29, 0.717) is 41.4 Å². The third-order valence-corrected chi connectivity index (χ3v) is 7.08. The van der Waals surface area contributed by atoms with Crippen LogP contribution in [0.3, 0.4) is 0 Å². The highest BCUT2D eigenvalue weighted by atomic mass is 19.1. The van der Waals surface area contributed by atoms with E-state index in [1.54, 1.807) is 41.1 Å². The maximum atomic E-state index is 14.9. The van der Waals surface area contributed by atoms with Gasteiger partial charge < -0.3 is 10.5 Å². The highest BCUT2D eigenvalue weighted by molar-refractivity contribution is 6.14. The van der Waals surface area contributed by atoms with E-state index in [2.05, 4.69) is 0 Å². The number of rotatable bonds is 3. The van der Waals surface area contributed by atoms with Crippen molar-refractivity contribution in [1.29, 1.82) is 0 Å². The molecule has 2 aromatic carbocycles. The van der Waals surface area contributed by atoms with Crippen LogP contribution in [0.25, 0.3) is 0 Å². The lowest BCUT2D eigenvalue weighted by Gasteiger charge is -2.33. The van der Waals surface area contributed by atoms with E-state index >= 15 is 0 Å². The molecule has 1 aliphatic carbocycles. The molecule has 2 fully saturated rings. The minimum atomic E-state index is -0.276. The molecule has 0 unspecified atom stereocenters. The molecule has 2 heterocycles. The number of amides is 2. The quantitative estimate of drug-likeness (QED) is 0.605. The highest BCUT2D eigenvalue weighted by Gasteiger charge is 2.38. The normalized spacial score (nSPS) is 20.4. The van der Waals surface area contributed by atoms with Gasteiger partial charge in [0.05, 0.1) is 23.1 Å². The summed E-state index contributed by atoms with van der Waals surface area (Å²) >= 11 is 0. The summed E-state index contributed by atoms with van der Waals surface area (Å²) in [6.45, 7) is 2.94. The molecule has 33 heavy (non-hydrogen) atoms. The zero-order valence-corrected chi connectivity index (χ0v) is 19.1. The number of benzene rings is 2. The number of urea groups is 1. The molecule has 3 aliphatic rings. The van der Waals surface area contributed by atoms with Crippen molar-refractivity contribution in [2.45, 2.75) is 57.9 Å². The predicted molar refractivity (Wildman–Crippen MR) is 128 cm³/mol. The third kappa shape index (κ3) is 4.22. The second kappa shape index (κ2) is 9.14. The van der Waals surface area contributed by atoms with Gasteiger partial charge in [0.1, 0.15) is 5.82 Å². The van der Waals surface area contributed by atoms with Crippen LogP contribution in [0.4, 0.5) is 26.2 Å². The molecule has 6 nitrogen and oxygen atoms in total. The molecule has 2 N–H and O–H groups in total.